The maximum absolute atomic E-state index is 10.5. The molecule has 0 aliphatic heterocycles. The maximum Gasteiger partial charge on any atom is 3.00 e. The standard InChI is InChI=1S/3C2HF3O2.Ir/c3*3-2(4,5)1(6)7;/h3*(H,6,7);/q;;;+3/p-3. The van der Waals surface area contributed by atoms with Crippen molar-refractivity contribution < 1.29 is 89.3 Å². The minimum absolute atomic E-state index is 0. The molecule has 0 radical (unpaired) electrons. The predicted molar refractivity (Wildman–Crippen MR) is 33.2 cm³/mol. The van der Waals surface area contributed by atoms with Crippen LogP contribution >= 0.6 is 0 Å². The molecule has 0 heterocycles. The van der Waals surface area contributed by atoms with Gasteiger partial charge in [0.15, 0.2) is 0 Å². The monoisotopic (exact) mass is 532 g/mol. The number of carboxylic acids is 3. The van der Waals surface area contributed by atoms with E-state index in [4.69, 9.17) is 29.7 Å². The molecular formula is C6F9IrO6. The van der Waals surface area contributed by atoms with Crippen LogP contribution in [-0.2, 0) is 34.5 Å². The van der Waals surface area contributed by atoms with E-state index >= 15 is 0 Å². The topological polar surface area (TPSA) is 120 Å². The third-order valence-electron chi connectivity index (χ3n) is 0.694. The van der Waals surface area contributed by atoms with Crippen molar-refractivity contribution in [3.05, 3.63) is 0 Å². The number of carbonyl (C=O) groups excluding carboxylic acids is 3. The summed E-state index contributed by atoms with van der Waals surface area (Å²) in [5.74, 6) is -9.02. The quantitative estimate of drug-likeness (QED) is 0.331. The fraction of sp³-hybridized carbons (Fsp3) is 0.500. The molecule has 16 heteroatoms. The van der Waals surface area contributed by atoms with Crippen LogP contribution in [0.15, 0.2) is 0 Å². The zero-order valence-electron chi connectivity index (χ0n) is 9.18. The molecule has 0 saturated heterocycles. The maximum atomic E-state index is 10.5. The van der Waals surface area contributed by atoms with Crippen LogP contribution in [0.5, 0.6) is 0 Å². The summed E-state index contributed by atoms with van der Waals surface area (Å²) in [5.41, 5.74) is 0. The van der Waals surface area contributed by atoms with E-state index in [1.165, 1.54) is 0 Å². The van der Waals surface area contributed by atoms with E-state index in [-0.39, 0.29) is 20.1 Å². The van der Waals surface area contributed by atoms with E-state index < -0.39 is 36.4 Å². The zero-order chi connectivity index (χ0) is 18.2. The molecule has 0 saturated carbocycles. The first kappa shape index (κ1) is 28.6. The second-order valence-electron chi connectivity index (χ2n) is 2.36. The summed E-state index contributed by atoms with van der Waals surface area (Å²) in [7, 11) is 0. The molecule has 0 bridgehead atoms. The number of hydrogen-bond donors (Lipinski definition) is 0. The number of hydrogen-bond acceptors (Lipinski definition) is 6. The molecule has 0 fully saturated rings. The summed E-state index contributed by atoms with van der Waals surface area (Å²) >= 11 is 0. The molecule has 0 aliphatic carbocycles. The Kier molecular flexibility index (Phi) is 13.3. The SMILES string of the molecule is O=C([O-])C(F)(F)F.O=C([O-])C(F)(F)F.O=C([O-])C(F)(F)F.[Ir+3]. The number of alkyl halides is 9. The minimum Gasteiger partial charge on any atom is -0.542 e. The molecule has 0 aromatic heterocycles. The Morgan fingerprint density at radius 3 is 0.545 bits per heavy atom. The molecule has 6 nitrogen and oxygen atoms in total. The van der Waals surface area contributed by atoms with Crippen LogP contribution in [-0.4, -0.2) is 36.4 Å². The molecule has 0 aromatic rings. The van der Waals surface area contributed by atoms with Gasteiger partial charge in [-0.05, 0) is 0 Å². The Morgan fingerprint density at radius 2 is 0.545 bits per heavy atom. The van der Waals surface area contributed by atoms with Gasteiger partial charge in [0, 0.05) is 0 Å². The molecule has 0 spiro atoms. The second-order valence-corrected chi connectivity index (χ2v) is 2.36. The summed E-state index contributed by atoms with van der Waals surface area (Å²) in [5, 5.41) is 26.4. The normalized spacial score (nSPS) is 10.8. The Hall–Kier alpha value is -1.57. The molecule has 22 heavy (non-hydrogen) atoms. The van der Waals surface area contributed by atoms with Gasteiger partial charge in [0.05, 0.1) is 0 Å². The van der Waals surface area contributed by atoms with Crippen LogP contribution < -0.4 is 15.3 Å². The third kappa shape index (κ3) is 20.7. The first-order valence-corrected chi connectivity index (χ1v) is 3.68. The second kappa shape index (κ2) is 10.2. The fourth-order valence-corrected chi connectivity index (χ4v) is 0. The summed E-state index contributed by atoms with van der Waals surface area (Å²) in [4.78, 5) is 26.4. The van der Waals surface area contributed by atoms with Gasteiger partial charge < -0.3 is 29.7 Å². The average Bonchev–Trinajstić information content (AvgIpc) is 2.14. The van der Waals surface area contributed by atoms with Gasteiger partial charge >= 0.3 is 38.6 Å². The van der Waals surface area contributed by atoms with Gasteiger partial charge in [0.25, 0.3) is 0 Å². The van der Waals surface area contributed by atoms with E-state index in [9.17, 15) is 39.5 Å². The van der Waals surface area contributed by atoms with Crippen LogP contribution in [0.2, 0.25) is 0 Å². The van der Waals surface area contributed by atoms with E-state index in [0.29, 0.717) is 0 Å². The van der Waals surface area contributed by atoms with Crippen molar-refractivity contribution in [3.63, 3.8) is 0 Å². The molecule has 0 amide bonds. The van der Waals surface area contributed by atoms with Crippen molar-refractivity contribution in [2.24, 2.45) is 0 Å². The Bertz CT molecular complexity index is 313. The fourth-order valence-electron chi connectivity index (χ4n) is 0. The smallest absolute Gasteiger partial charge is 0.542 e. The van der Waals surface area contributed by atoms with Gasteiger partial charge in [-0.25, -0.2) is 0 Å². The van der Waals surface area contributed by atoms with Crippen molar-refractivity contribution in [2.45, 2.75) is 18.5 Å². The van der Waals surface area contributed by atoms with Crippen molar-refractivity contribution in [3.8, 4) is 0 Å². The number of aliphatic carboxylic acids is 3. The first-order valence-electron chi connectivity index (χ1n) is 3.68. The number of carbonyl (C=O) groups is 3. The van der Waals surface area contributed by atoms with Crippen molar-refractivity contribution in [1.29, 1.82) is 0 Å². The van der Waals surface area contributed by atoms with Crippen molar-refractivity contribution >= 4 is 17.9 Å². The zero-order valence-corrected chi connectivity index (χ0v) is 11.6. The van der Waals surface area contributed by atoms with Crippen LogP contribution in [0.25, 0.3) is 0 Å². The Labute approximate surface area is 126 Å². The summed E-state index contributed by atoms with van der Waals surface area (Å²) in [6.07, 6.45) is -15.6. The minimum atomic E-state index is -5.19. The van der Waals surface area contributed by atoms with Crippen LogP contribution in [0.4, 0.5) is 39.5 Å². The summed E-state index contributed by atoms with van der Waals surface area (Å²) < 4.78 is 94.6. The third-order valence-corrected chi connectivity index (χ3v) is 0.694. The molecule has 132 valence electrons. The van der Waals surface area contributed by atoms with Gasteiger partial charge in [0.2, 0.25) is 0 Å². The van der Waals surface area contributed by atoms with Gasteiger partial charge in [0.1, 0.15) is 17.9 Å². The van der Waals surface area contributed by atoms with E-state index in [2.05, 4.69) is 0 Å². The molecule has 0 N–H and O–H groups in total. The number of halogens is 9. The molecule has 0 atom stereocenters. The van der Waals surface area contributed by atoms with E-state index in [1.807, 2.05) is 0 Å². The van der Waals surface area contributed by atoms with E-state index in [1.54, 1.807) is 0 Å². The predicted octanol–water partition coefficient (Wildman–Crippen LogP) is -2.11. The molecule has 0 rings (SSSR count). The number of carboxylic acid groups (broad SMARTS) is 3. The van der Waals surface area contributed by atoms with Gasteiger partial charge in [-0.1, -0.05) is 0 Å². The van der Waals surface area contributed by atoms with Gasteiger partial charge in [-0.3, -0.25) is 0 Å². The number of rotatable bonds is 0. The van der Waals surface area contributed by atoms with E-state index in [0.717, 1.165) is 0 Å². The van der Waals surface area contributed by atoms with Gasteiger partial charge in [-0.2, -0.15) is 39.5 Å². The summed E-state index contributed by atoms with van der Waals surface area (Å²) in [6.45, 7) is 0. The molecule has 0 aromatic carbocycles. The molecular weight excluding hydrogens is 531 g/mol. The van der Waals surface area contributed by atoms with Crippen molar-refractivity contribution in [2.75, 3.05) is 0 Å². The largest absolute Gasteiger partial charge is 3.00 e. The molecule has 0 unspecified atom stereocenters. The van der Waals surface area contributed by atoms with Crippen molar-refractivity contribution in [1.82, 2.24) is 0 Å². The Balaban J connectivity index is -0.000000108. The summed E-state index contributed by atoms with van der Waals surface area (Å²) in [6, 6.07) is 0. The first-order chi connectivity index (χ1) is 8.83. The molecule has 0 aliphatic rings. The van der Waals surface area contributed by atoms with Crippen LogP contribution in [0, 0.1) is 0 Å². The van der Waals surface area contributed by atoms with Gasteiger partial charge in [-0.15, -0.1) is 0 Å². The Morgan fingerprint density at radius 1 is 0.500 bits per heavy atom. The van der Waals surface area contributed by atoms with Crippen LogP contribution in [0.3, 0.4) is 0 Å². The average molecular weight is 531 g/mol. The van der Waals surface area contributed by atoms with Crippen LogP contribution in [0.1, 0.15) is 0 Å².